The van der Waals surface area contributed by atoms with Crippen molar-refractivity contribution in [1.82, 2.24) is 10.6 Å². The van der Waals surface area contributed by atoms with Crippen molar-refractivity contribution in [3.63, 3.8) is 0 Å². The number of furan rings is 1. The van der Waals surface area contributed by atoms with E-state index in [9.17, 15) is 9.59 Å². The third-order valence-corrected chi connectivity index (χ3v) is 3.74. The molecule has 1 aromatic heterocycles. The van der Waals surface area contributed by atoms with Gasteiger partial charge in [-0.2, -0.15) is 0 Å². The molecule has 6 heteroatoms. The van der Waals surface area contributed by atoms with Crippen molar-refractivity contribution in [3.05, 3.63) is 60.1 Å². The first kappa shape index (κ1) is 18.7. The van der Waals surface area contributed by atoms with Gasteiger partial charge in [0.1, 0.15) is 6.04 Å². The summed E-state index contributed by atoms with van der Waals surface area (Å²) in [5.41, 5.74) is 1.13. The Kier molecular flexibility index (Phi) is 7.22. The predicted molar refractivity (Wildman–Crippen MR) is 94.1 cm³/mol. The molecule has 2 atom stereocenters. The highest BCUT2D eigenvalue weighted by atomic mass is 16.5. The van der Waals surface area contributed by atoms with Crippen LogP contribution in [-0.2, 0) is 9.53 Å². The Balaban J connectivity index is 1.61. The number of nitrogens with one attached hydrogen (secondary N) is 2. The molecule has 134 valence electrons. The smallest absolute Gasteiger partial charge is 0.287 e. The van der Waals surface area contributed by atoms with Crippen LogP contribution in [0.1, 0.15) is 42.5 Å². The summed E-state index contributed by atoms with van der Waals surface area (Å²) < 4.78 is 10.7. The average Bonchev–Trinajstić information content (AvgIpc) is 3.16. The van der Waals surface area contributed by atoms with Gasteiger partial charge in [0.2, 0.25) is 5.91 Å². The molecule has 0 radical (unpaired) electrons. The van der Waals surface area contributed by atoms with E-state index < -0.39 is 11.9 Å². The fourth-order valence-corrected chi connectivity index (χ4v) is 2.26. The van der Waals surface area contributed by atoms with Crippen molar-refractivity contribution in [2.75, 3.05) is 13.2 Å². The summed E-state index contributed by atoms with van der Waals surface area (Å²) in [4.78, 5) is 23.8. The van der Waals surface area contributed by atoms with Gasteiger partial charge in [0, 0.05) is 13.2 Å². The molecule has 0 saturated carbocycles. The molecule has 0 aliphatic rings. The second-order valence-corrected chi connectivity index (χ2v) is 5.74. The Labute approximate surface area is 147 Å². The van der Waals surface area contributed by atoms with E-state index in [1.807, 2.05) is 37.3 Å². The Morgan fingerprint density at radius 3 is 2.56 bits per heavy atom. The molecule has 0 spiro atoms. The SMILES string of the molecule is CC(NC(=O)c1ccco1)C(=O)NCCCOC(C)c1ccccc1. The molecular formula is C19H24N2O4. The van der Waals surface area contributed by atoms with Gasteiger partial charge >= 0.3 is 0 Å². The lowest BCUT2D eigenvalue weighted by Crippen LogP contribution is -2.45. The number of ether oxygens (including phenoxy) is 1. The highest BCUT2D eigenvalue weighted by molar-refractivity contribution is 5.95. The maximum atomic E-state index is 12.0. The number of rotatable bonds is 9. The molecule has 0 saturated heterocycles. The van der Waals surface area contributed by atoms with Gasteiger partial charge in [-0.05, 0) is 38.0 Å². The molecule has 2 amide bonds. The van der Waals surface area contributed by atoms with Crippen molar-refractivity contribution >= 4 is 11.8 Å². The van der Waals surface area contributed by atoms with Gasteiger partial charge in [-0.1, -0.05) is 30.3 Å². The first-order valence-corrected chi connectivity index (χ1v) is 8.36. The summed E-state index contributed by atoms with van der Waals surface area (Å²) >= 11 is 0. The van der Waals surface area contributed by atoms with E-state index >= 15 is 0 Å². The van der Waals surface area contributed by atoms with Gasteiger partial charge in [0.25, 0.3) is 5.91 Å². The van der Waals surface area contributed by atoms with Crippen LogP contribution in [0, 0.1) is 0 Å². The monoisotopic (exact) mass is 344 g/mol. The molecule has 1 aromatic carbocycles. The van der Waals surface area contributed by atoms with Crippen LogP contribution in [0.15, 0.2) is 53.1 Å². The molecular weight excluding hydrogens is 320 g/mol. The predicted octanol–water partition coefficient (Wildman–Crippen LogP) is 2.68. The van der Waals surface area contributed by atoms with E-state index in [-0.39, 0.29) is 17.8 Å². The zero-order valence-corrected chi connectivity index (χ0v) is 14.5. The number of hydrogen-bond acceptors (Lipinski definition) is 4. The molecule has 2 N–H and O–H groups in total. The lowest BCUT2D eigenvalue weighted by Gasteiger charge is -2.15. The zero-order chi connectivity index (χ0) is 18.1. The Morgan fingerprint density at radius 1 is 1.12 bits per heavy atom. The highest BCUT2D eigenvalue weighted by Gasteiger charge is 2.17. The fraction of sp³-hybridized carbons (Fsp3) is 0.368. The first-order chi connectivity index (χ1) is 12.1. The Morgan fingerprint density at radius 2 is 1.88 bits per heavy atom. The molecule has 6 nitrogen and oxygen atoms in total. The van der Waals surface area contributed by atoms with Gasteiger partial charge in [-0.25, -0.2) is 0 Å². The third kappa shape index (κ3) is 6.08. The van der Waals surface area contributed by atoms with Crippen molar-refractivity contribution < 1.29 is 18.7 Å². The van der Waals surface area contributed by atoms with Gasteiger partial charge in [0.15, 0.2) is 5.76 Å². The molecule has 1 heterocycles. The van der Waals surface area contributed by atoms with Gasteiger partial charge in [-0.3, -0.25) is 9.59 Å². The molecule has 0 bridgehead atoms. The normalized spacial score (nSPS) is 13.0. The summed E-state index contributed by atoms with van der Waals surface area (Å²) in [6.07, 6.45) is 2.13. The lowest BCUT2D eigenvalue weighted by molar-refractivity contribution is -0.122. The van der Waals surface area contributed by atoms with Crippen molar-refractivity contribution in [1.29, 1.82) is 0 Å². The number of carbonyl (C=O) groups is 2. The van der Waals surface area contributed by atoms with Gasteiger partial charge < -0.3 is 19.8 Å². The second-order valence-electron chi connectivity index (χ2n) is 5.74. The van der Waals surface area contributed by atoms with Crippen LogP contribution in [-0.4, -0.2) is 31.0 Å². The van der Waals surface area contributed by atoms with E-state index in [2.05, 4.69) is 10.6 Å². The number of benzene rings is 1. The zero-order valence-electron chi connectivity index (χ0n) is 14.5. The number of amides is 2. The number of hydrogen-bond donors (Lipinski definition) is 2. The Hall–Kier alpha value is -2.60. The van der Waals surface area contributed by atoms with E-state index in [1.54, 1.807) is 19.1 Å². The molecule has 2 rings (SSSR count). The van der Waals surface area contributed by atoms with Crippen molar-refractivity contribution in [3.8, 4) is 0 Å². The van der Waals surface area contributed by atoms with Crippen LogP contribution in [0.25, 0.3) is 0 Å². The van der Waals surface area contributed by atoms with Crippen LogP contribution in [0.2, 0.25) is 0 Å². The van der Waals surface area contributed by atoms with E-state index in [0.717, 1.165) is 5.56 Å². The fourth-order valence-electron chi connectivity index (χ4n) is 2.26. The third-order valence-electron chi connectivity index (χ3n) is 3.74. The average molecular weight is 344 g/mol. The molecule has 0 aliphatic heterocycles. The van der Waals surface area contributed by atoms with Crippen molar-refractivity contribution in [2.45, 2.75) is 32.4 Å². The lowest BCUT2D eigenvalue weighted by atomic mass is 10.1. The Bertz CT molecular complexity index is 655. The van der Waals surface area contributed by atoms with E-state index in [4.69, 9.17) is 9.15 Å². The number of carbonyl (C=O) groups excluding carboxylic acids is 2. The maximum Gasteiger partial charge on any atom is 0.287 e. The van der Waals surface area contributed by atoms with E-state index in [1.165, 1.54) is 6.26 Å². The summed E-state index contributed by atoms with van der Waals surface area (Å²) in [7, 11) is 0. The van der Waals surface area contributed by atoms with Gasteiger partial charge in [0.05, 0.1) is 12.4 Å². The highest BCUT2D eigenvalue weighted by Crippen LogP contribution is 2.15. The maximum absolute atomic E-state index is 12.0. The van der Waals surface area contributed by atoms with Crippen molar-refractivity contribution in [2.24, 2.45) is 0 Å². The topological polar surface area (TPSA) is 80.6 Å². The molecule has 25 heavy (non-hydrogen) atoms. The standard InChI is InChI=1S/C19H24N2O4/c1-14(21-19(23)17-10-6-12-25-17)18(22)20-11-7-13-24-15(2)16-8-4-3-5-9-16/h3-6,8-10,12,14-15H,7,11,13H2,1-2H3,(H,20,22)(H,21,23). The second kappa shape index (κ2) is 9.64. The first-order valence-electron chi connectivity index (χ1n) is 8.36. The van der Waals surface area contributed by atoms with Crippen LogP contribution in [0.4, 0.5) is 0 Å². The quantitative estimate of drug-likeness (QED) is 0.685. The molecule has 2 unspecified atom stereocenters. The summed E-state index contributed by atoms with van der Waals surface area (Å²) in [6.45, 7) is 4.66. The summed E-state index contributed by atoms with van der Waals surface area (Å²) in [6, 6.07) is 12.5. The largest absolute Gasteiger partial charge is 0.459 e. The van der Waals surface area contributed by atoms with Gasteiger partial charge in [-0.15, -0.1) is 0 Å². The minimum Gasteiger partial charge on any atom is -0.459 e. The van der Waals surface area contributed by atoms with E-state index in [0.29, 0.717) is 19.6 Å². The van der Waals surface area contributed by atoms with Crippen LogP contribution < -0.4 is 10.6 Å². The molecule has 0 aliphatic carbocycles. The van der Waals surface area contributed by atoms with Crippen LogP contribution in [0.3, 0.4) is 0 Å². The molecule has 2 aromatic rings. The molecule has 0 fully saturated rings. The summed E-state index contributed by atoms with van der Waals surface area (Å²) in [5.74, 6) is -0.466. The minimum atomic E-state index is -0.637. The van der Waals surface area contributed by atoms with Crippen LogP contribution in [0.5, 0.6) is 0 Å². The minimum absolute atomic E-state index is 0.0170. The summed E-state index contributed by atoms with van der Waals surface area (Å²) in [5, 5.41) is 5.37. The van der Waals surface area contributed by atoms with Crippen LogP contribution >= 0.6 is 0 Å².